The predicted molar refractivity (Wildman–Crippen MR) is 88.6 cm³/mol. The second-order valence-electron chi connectivity index (χ2n) is 5.86. The third-order valence-corrected chi connectivity index (χ3v) is 4.20. The smallest absolute Gasteiger partial charge is 0.159 e. The Morgan fingerprint density at radius 2 is 2.09 bits per heavy atom. The maximum atomic E-state index is 14.0. The van der Waals surface area contributed by atoms with Gasteiger partial charge < -0.3 is 9.64 Å². The summed E-state index contributed by atoms with van der Waals surface area (Å²) in [6.07, 6.45) is 0.944. The molecule has 3 rings (SSSR count). The molecule has 0 amide bonds. The normalized spacial score (nSPS) is 16.7. The Labute approximate surface area is 135 Å². The summed E-state index contributed by atoms with van der Waals surface area (Å²) in [7, 11) is 0. The van der Waals surface area contributed by atoms with Gasteiger partial charge in [0.2, 0.25) is 0 Å². The van der Waals surface area contributed by atoms with E-state index in [-0.39, 0.29) is 17.7 Å². The average Bonchev–Trinajstić information content (AvgIpc) is 2.56. The van der Waals surface area contributed by atoms with Crippen molar-refractivity contribution >= 4 is 11.5 Å². The van der Waals surface area contributed by atoms with Crippen LogP contribution in [0.3, 0.4) is 0 Å². The van der Waals surface area contributed by atoms with Crippen molar-refractivity contribution in [2.24, 2.45) is 0 Å². The summed E-state index contributed by atoms with van der Waals surface area (Å²) in [6.45, 7) is 4.75. The zero-order valence-corrected chi connectivity index (χ0v) is 13.4. The fourth-order valence-corrected chi connectivity index (χ4v) is 2.84. The number of nitrogens with zero attached hydrogens (tertiary/aromatic N) is 1. The lowest BCUT2D eigenvalue weighted by Crippen LogP contribution is -2.39. The van der Waals surface area contributed by atoms with E-state index in [2.05, 4.69) is 11.8 Å². The quantitative estimate of drug-likeness (QED) is 0.792. The maximum absolute atomic E-state index is 14.0. The number of halogens is 1. The van der Waals surface area contributed by atoms with Gasteiger partial charge in [0.15, 0.2) is 5.78 Å². The van der Waals surface area contributed by atoms with Crippen LogP contribution in [0.2, 0.25) is 0 Å². The molecule has 0 aliphatic carbocycles. The van der Waals surface area contributed by atoms with Crippen LogP contribution in [0.5, 0.6) is 5.75 Å². The van der Waals surface area contributed by atoms with Crippen molar-refractivity contribution in [3.05, 3.63) is 59.4 Å². The van der Waals surface area contributed by atoms with E-state index in [1.54, 1.807) is 25.1 Å². The zero-order chi connectivity index (χ0) is 16.4. The molecule has 2 aromatic rings. The second-order valence-corrected chi connectivity index (χ2v) is 5.86. The van der Waals surface area contributed by atoms with Crippen molar-refractivity contribution in [3.63, 3.8) is 0 Å². The average molecular weight is 313 g/mol. The zero-order valence-electron chi connectivity index (χ0n) is 13.4. The number of hydrogen-bond acceptors (Lipinski definition) is 3. The number of anilines is 1. The summed E-state index contributed by atoms with van der Waals surface area (Å²) < 4.78 is 20.0. The summed E-state index contributed by atoms with van der Waals surface area (Å²) >= 11 is 0. The summed E-state index contributed by atoms with van der Waals surface area (Å²) in [4.78, 5) is 13.7. The van der Waals surface area contributed by atoms with Crippen LogP contribution in [0.4, 0.5) is 10.1 Å². The van der Waals surface area contributed by atoms with Gasteiger partial charge in [0.05, 0.1) is 12.2 Å². The lowest BCUT2D eigenvalue weighted by Gasteiger charge is -2.36. The monoisotopic (exact) mass is 313 g/mol. The van der Waals surface area contributed by atoms with Crippen LogP contribution in [-0.2, 0) is 6.54 Å². The Morgan fingerprint density at radius 3 is 2.78 bits per heavy atom. The lowest BCUT2D eigenvalue weighted by molar-refractivity contribution is 0.101. The first-order valence-electron chi connectivity index (χ1n) is 7.88. The van der Waals surface area contributed by atoms with Gasteiger partial charge in [0, 0.05) is 17.7 Å². The van der Waals surface area contributed by atoms with Crippen molar-refractivity contribution in [2.45, 2.75) is 32.9 Å². The van der Waals surface area contributed by atoms with Gasteiger partial charge in [-0.05, 0) is 37.6 Å². The molecule has 0 saturated heterocycles. The number of hydrogen-bond donors (Lipinski definition) is 0. The van der Waals surface area contributed by atoms with Gasteiger partial charge in [-0.3, -0.25) is 4.79 Å². The van der Waals surface area contributed by atoms with Crippen molar-refractivity contribution < 1.29 is 13.9 Å². The standard InChI is InChI=1S/C19H20FNO2/c1-3-16-12-21(11-15-6-4-5-7-17(15)20)18-10-14(13(2)22)8-9-19(18)23-16/h4-10,16H,3,11-12H2,1-2H3. The fourth-order valence-electron chi connectivity index (χ4n) is 2.84. The molecule has 2 aromatic carbocycles. The lowest BCUT2D eigenvalue weighted by atomic mass is 10.1. The minimum absolute atomic E-state index is 0.0104. The molecule has 1 heterocycles. The number of ketones is 1. The van der Waals surface area contributed by atoms with Gasteiger partial charge in [0.25, 0.3) is 0 Å². The van der Waals surface area contributed by atoms with E-state index in [0.717, 1.165) is 17.9 Å². The molecule has 0 fully saturated rings. The molecule has 3 nitrogen and oxygen atoms in total. The number of carbonyl (C=O) groups excluding carboxylic acids is 1. The first-order chi connectivity index (χ1) is 11.1. The van der Waals surface area contributed by atoms with Crippen LogP contribution >= 0.6 is 0 Å². The molecule has 0 bridgehead atoms. The van der Waals surface area contributed by atoms with Crippen LogP contribution in [-0.4, -0.2) is 18.4 Å². The van der Waals surface area contributed by atoms with Crippen LogP contribution in [0.15, 0.2) is 42.5 Å². The van der Waals surface area contributed by atoms with Crippen LogP contribution in [0.1, 0.15) is 36.2 Å². The Kier molecular flexibility index (Phi) is 4.33. The minimum Gasteiger partial charge on any atom is -0.486 e. The molecule has 120 valence electrons. The summed E-state index contributed by atoms with van der Waals surface area (Å²) in [5, 5.41) is 0. The van der Waals surface area contributed by atoms with Gasteiger partial charge in [-0.2, -0.15) is 0 Å². The highest BCUT2D eigenvalue weighted by Gasteiger charge is 2.26. The number of carbonyl (C=O) groups is 1. The highest BCUT2D eigenvalue weighted by molar-refractivity contribution is 5.95. The van der Waals surface area contributed by atoms with Crippen LogP contribution in [0.25, 0.3) is 0 Å². The molecular formula is C19H20FNO2. The van der Waals surface area contributed by atoms with E-state index in [1.807, 2.05) is 18.2 Å². The van der Waals surface area contributed by atoms with Gasteiger partial charge in [-0.15, -0.1) is 0 Å². The van der Waals surface area contributed by atoms with Gasteiger partial charge in [0.1, 0.15) is 17.7 Å². The predicted octanol–water partition coefficient (Wildman–Crippen LogP) is 4.21. The van der Waals surface area contributed by atoms with E-state index in [9.17, 15) is 9.18 Å². The third kappa shape index (κ3) is 3.21. The van der Waals surface area contributed by atoms with Gasteiger partial charge in [-0.25, -0.2) is 4.39 Å². The number of benzene rings is 2. The van der Waals surface area contributed by atoms with Crippen molar-refractivity contribution in [2.75, 3.05) is 11.4 Å². The van der Waals surface area contributed by atoms with E-state index in [0.29, 0.717) is 24.2 Å². The molecule has 23 heavy (non-hydrogen) atoms. The molecule has 1 atom stereocenters. The topological polar surface area (TPSA) is 29.5 Å². The molecule has 1 unspecified atom stereocenters. The molecule has 0 radical (unpaired) electrons. The highest BCUT2D eigenvalue weighted by atomic mass is 19.1. The second kappa shape index (κ2) is 6.41. The Balaban J connectivity index is 1.98. The van der Waals surface area contributed by atoms with Crippen molar-refractivity contribution in [1.29, 1.82) is 0 Å². The Bertz CT molecular complexity index is 729. The van der Waals surface area contributed by atoms with Crippen LogP contribution < -0.4 is 9.64 Å². The van der Waals surface area contributed by atoms with Gasteiger partial charge >= 0.3 is 0 Å². The Hall–Kier alpha value is -2.36. The minimum atomic E-state index is -0.212. The number of ether oxygens (including phenoxy) is 1. The summed E-state index contributed by atoms with van der Waals surface area (Å²) in [5.74, 6) is 0.553. The maximum Gasteiger partial charge on any atom is 0.159 e. The van der Waals surface area contributed by atoms with Crippen molar-refractivity contribution in [1.82, 2.24) is 0 Å². The number of fused-ring (bicyclic) bond motifs is 1. The highest BCUT2D eigenvalue weighted by Crippen LogP contribution is 2.36. The van der Waals surface area contributed by atoms with E-state index < -0.39 is 0 Å². The van der Waals surface area contributed by atoms with Crippen molar-refractivity contribution in [3.8, 4) is 5.75 Å². The first-order valence-corrected chi connectivity index (χ1v) is 7.88. The molecule has 0 saturated carbocycles. The first kappa shape index (κ1) is 15.5. The van der Waals surface area contributed by atoms with E-state index in [1.165, 1.54) is 6.07 Å². The van der Waals surface area contributed by atoms with Gasteiger partial charge in [-0.1, -0.05) is 25.1 Å². The largest absolute Gasteiger partial charge is 0.486 e. The molecule has 0 aromatic heterocycles. The third-order valence-electron chi connectivity index (χ3n) is 4.20. The summed E-state index contributed by atoms with van der Waals surface area (Å²) in [5.41, 5.74) is 2.13. The SMILES string of the molecule is CCC1CN(Cc2ccccc2F)c2cc(C(C)=O)ccc2O1. The molecule has 4 heteroatoms. The molecule has 0 N–H and O–H groups in total. The molecular weight excluding hydrogens is 293 g/mol. The van der Waals surface area contributed by atoms with Crippen LogP contribution in [0, 0.1) is 5.82 Å². The molecule has 1 aliphatic rings. The number of Topliss-reactive ketones (excluding diaryl/α,β-unsaturated/α-hetero) is 1. The number of rotatable bonds is 4. The molecule has 0 spiro atoms. The van der Waals surface area contributed by atoms with E-state index >= 15 is 0 Å². The fraction of sp³-hybridized carbons (Fsp3) is 0.316. The van der Waals surface area contributed by atoms with E-state index in [4.69, 9.17) is 4.74 Å². The summed E-state index contributed by atoms with van der Waals surface area (Å²) in [6, 6.07) is 12.2. The molecule has 1 aliphatic heterocycles. The Morgan fingerprint density at radius 1 is 1.30 bits per heavy atom.